The Kier molecular flexibility index (Phi) is 11.3. The van der Waals surface area contributed by atoms with E-state index in [4.69, 9.17) is 14.2 Å². The van der Waals surface area contributed by atoms with Gasteiger partial charge in [0, 0.05) is 25.6 Å². The van der Waals surface area contributed by atoms with E-state index in [0.717, 1.165) is 30.9 Å². The number of hydrogen-bond acceptors (Lipinski definition) is 5. The molecule has 1 aliphatic rings. The average molecular weight is 533 g/mol. The number of carbonyl (C=O) groups excluding carboxylic acids is 1. The van der Waals surface area contributed by atoms with Crippen molar-refractivity contribution >= 4 is 35.9 Å². The van der Waals surface area contributed by atoms with Crippen LogP contribution < -0.4 is 20.1 Å². The van der Waals surface area contributed by atoms with Crippen LogP contribution in [0.25, 0.3) is 0 Å². The molecule has 1 fully saturated rings. The van der Waals surface area contributed by atoms with Crippen LogP contribution in [0.15, 0.2) is 23.2 Å². The van der Waals surface area contributed by atoms with E-state index in [0.29, 0.717) is 12.5 Å². The van der Waals surface area contributed by atoms with Crippen molar-refractivity contribution in [3.8, 4) is 11.5 Å². The zero-order valence-corrected chi connectivity index (χ0v) is 21.1. The topological polar surface area (TPSA) is 81.2 Å². The first-order valence-electron chi connectivity index (χ1n) is 10.2. The number of esters is 1. The largest absolute Gasteiger partial charge is 0.493 e. The summed E-state index contributed by atoms with van der Waals surface area (Å²) in [6.45, 7) is 3.06. The van der Waals surface area contributed by atoms with Gasteiger partial charge in [0.05, 0.1) is 27.2 Å². The monoisotopic (exact) mass is 533 g/mol. The van der Waals surface area contributed by atoms with Crippen LogP contribution in [0.1, 0.15) is 44.6 Å². The third-order valence-corrected chi connectivity index (χ3v) is 5.80. The molecule has 0 bridgehead atoms. The molecule has 30 heavy (non-hydrogen) atoms. The van der Waals surface area contributed by atoms with Crippen LogP contribution in [-0.2, 0) is 14.9 Å². The number of benzene rings is 1. The van der Waals surface area contributed by atoms with E-state index in [1.165, 1.54) is 31.9 Å². The molecule has 2 N–H and O–H groups in total. The van der Waals surface area contributed by atoms with Crippen LogP contribution in [0, 0.1) is 5.92 Å². The molecule has 1 saturated carbocycles. The van der Waals surface area contributed by atoms with Gasteiger partial charge in [-0.25, -0.2) is 0 Å². The Morgan fingerprint density at radius 1 is 1.10 bits per heavy atom. The smallest absolute Gasteiger partial charge is 0.310 e. The van der Waals surface area contributed by atoms with Crippen molar-refractivity contribution in [1.29, 1.82) is 0 Å². The number of nitrogens with one attached hydrogen (secondary N) is 2. The van der Waals surface area contributed by atoms with Crippen molar-refractivity contribution in [3.05, 3.63) is 23.8 Å². The summed E-state index contributed by atoms with van der Waals surface area (Å²) in [5, 5.41) is 6.70. The highest BCUT2D eigenvalue weighted by Gasteiger charge is 2.34. The molecule has 1 unspecified atom stereocenters. The van der Waals surface area contributed by atoms with Gasteiger partial charge in [-0.05, 0) is 30.5 Å². The Bertz CT molecular complexity index is 706. The predicted molar refractivity (Wildman–Crippen MR) is 130 cm³/mol. The fourth-order valence-corrected chi connectivity index (χ4v) is 3.97. The summed E-state index contributed by atoms with van der Waals surface area (Å²) in [4.78, 5) is 15.9. The third kappa shape index (κ3) is 6.65. The minimum Gasteiger partial charge on any atom is -0.493 e. The van der Waals surface area contributed by atoms with Crippen molar-refractivity contribution in [1.82, 2.24) is 10.6 Å². The molecule has 7 nitrogen and oxygen atoms in total. The maximum atomic E-state index is 11.6. The molecule has 170 valence electrons. The van der Waals surface area contributed by atoms with E-state index in [-0.39, 0.29) is 41.3 Å². The molecule has 0 radical (unpaired) electrons. The molecule has 1 aromatic rings. The van der Waals surface area contributed by atoms with Gasteiger partial charge in [0.25, 0.3) is 0 Å². The minimum atomic E-state index is -0.243. The van der Waals surface area contributed by atoms with Crippen LogP contribution in [0.5, 0.6) is 11.5 Å². The van der Waals surface area contributed by atoms with Gasteiger partial charge in [0.1, 0.15) is 0 Å². The van der Waals surface area contributed by atoms with E-state index >= 15 is 0 Å². The highest BCUT2D eigenvalue weighted by Crippen LogP contribution is 2.42. The van der Waals surface area contributed by atoms with Gasteiger partial charge in [0.15, 0.2) is 17.5 Å². The number of aliphatic imine (C=N–C) groups is 1. The zero-order valence-electron chi connectivity index (χ0n) is 18.7. The summed E-state index contributed by atoms with van der Waals surface area (Å²) in [6, 6.07) is 6.22. The Hall–Kier alpha value is -1.71. The number of ether oxygens (including phenoxy) is 3. The van der Waals surface area contributed by atoms with Gasteiger partial charge in [0.2, 0.25) is 0 Å². The lowest BCUT2D eigenvalue weighted by Crippen LogP contribution is -2.47. The van der Waals surface area contributed by atoms with Crippen LogP contribution in [-0.4, -0.2) is 53.4 Å². The van der Waals surface area contributed by atoms with E-state index in [1.807, 2.05) is 13.0 Å². The molecule has 0 spiro atoms. The van der Waals surface area contributed by atoms with Gasteiger partial charge in [-0.1, -0.05) is 32.3 Å². The van der Waals surface area contributed by atoms with Gasteiger partial charge >= 0.3 is 5.97 Å². The first-order valence-corrected chi connectivity index (χ1v) is 10.2. The van der Waals surface area contributed by atoms with E-state index in [1.54, 1.807) is 21.3 Å². The molecule has 0 amide bonds. The molecule has 0 saturated heterocycles. The second kappa shape index (κ2) is 12.9. The van der Waals surface area contributed by atoms with Crippen molar-refractivity contribution < 1.29 is 19.0 Å². The van der Waals surface area contributed by atoms with Crippen molar-refractivity contribution in [2.24, 2.45) is 10.9 Å². The maximum Gasteiger partial charge on any atom is 0.310 e. The van der Waals surface area contributed by atoms with Crippen LogP contribution >= 0.6 is 24.0 Å². The second-order valence-electron chi connectivity index (χ2n) is 7.64. The van der Waals surface area contributed by atoms with E-state index in [2.05, 4.69) is 27.8 Å². The molecule has 1 atom stereocenters. The highest BCUT2D eigenvalue weighted by molar-refractivity contribution is 14.0. The van der Waals surface area contributed by atoms with Crippen LogP contribution in [0.3, 0.4) is 0 Å². The van der Waals surface area contributed by atoms with Gasteiger partial charge < -0.3 is 24.8 Å². The zero-order chi connectivity index (χ0) is 21.3. The number of hydrogen-bond donors (Lipinski definition) is 2. The quantitative estimate of drug-likeness (QED) is 0.231. The van der Waals surface area contributed by atoms with E-state index in [9.17, 15) is 4.79 Å². The number of halogens is 1. The van der Waals surface area contributed by atoms with Crippen molar-refractivity contribution in [2.75, 3.05) is 41.5 Å². The average Bonchev–Trinajstić information content (AvgIpc) is 2.78. The second-order valence-corrected chi connectivity index (χ2v) is 7.64. The molecule has 1 aliphatic carbocycles. The predicted octanol–water partition coefficient (Wildman–Crippen LogP) is 3.50. The number of nitrogens with zero attached hydrogens (tertiary/aromatic N) is 1. The van der Waals surface area contributed by atoms with Crippen LogP contribution in [0.2, 0.25) is 0 Å². The Balaban J connectivity index is 0.00000450. The maximum absolute atomic E-state index is 11.6. The summed E-state index contributed by atoms with van der Waals surface area (Å²) >= 11 is 0. The number of guanidine groups is 1. The Morgan fingerprint density at radius 3 is 2.33 bits per heavy atom. The molecule has 0 aliphatic heterocycles. The normalized spacial score (nSPS) is 16.6. The lowest BCUT2D eigenvalue weighted by molar-refractivity contribution is -0.144. The molecular weight excluding hydrogens is 497 g/mol. The third-order valence-electron chi connectivity index (χ3n) is 5.80. The van der Waals surface area contributed by atoms with Crippen molar-refractivity contribution in [2.45, 2.75) is 44.4 Å². The molecule has 8 heteroatoms. The molecule has 0 aromatic heterocycles. The highest BCUT2D eigenvalue weighted by atomic mass is 127. The molecular formula is C22H36IN3O4. The first-order chi connectivity index (χ1) is 14.0. The molecule has 0 heterocycles. The Morgan fingerprint density at radius 2 is 1.77 bits per heavy atom. The SMILES string of the molecule is CN=C(NCC(C)C(=O)OC)NCC1(c2ccc(OC)c(OC)c2)CCCCC1.I. The summed E-state index contributed by atoms with van der Waals surface area (Å²) in [7, 11) is 6.46. The lowest BCUT2D eigenvalue weighted by atomic mass is 9.69. The summed E-state index contributed by atoms with van der Waals surface area (Å²) in [6.07, 6.45) is 5.86. The summed E-state index contributed by atoms with van der Waals surface area (Å²) in [5.41, 5.74) is 1.25. The van der Waals surface area contributed by atoms with Gasteiger partial charge in [-0.3, -0.25) is 9.79 Å². The van der Waals surface area contributed by atoms with Crippen molar-refractivity contribution in [3.63, 3.8) is 0 Å². The summed E-state index contributed by atoms with van der Waals surface area (Å²) in [5.74, 6) is 1.70. The minimum absolute atomic E-state index is 0. The lowest BCUT2D eigenvalue weighted by Gasteiger charge is -2.38. The number of rotatable bonds is 8. The van der Waals surface area contributed by atoms with Gasteiger partial charge in [-0.2, -0.15) is 0 Å². The standard InChI is InChI=1S/C22H35N3O4.HI/c1-16(20(26)29-5)14-24-21(23-2)25-15-22(11-7-6-8-12-22)17-9-10-18(27-3)19(13-17)28-4;/h9-10,13,16H,6-8,11-12,14-15H2,1-5H3,(H2,23,24,25);1H. The summed E-state index contributed by atoms with van der Waals surface area (Å²) < 4.78 is 15.7. The molecule has 1 aromatic carbocycles. The Labute approximate surface area is 197 Å². The number of methoxy groups -OCH3 is 3. The van der Waals surface area contributed by atoms with E-state index < -0.39 is 0 Å². The fraction of sp³-hybridized carbons (Fsp3) is 0.636. The van der Waals surface area contributed by atoms with Crippen LogP contribution in [0.4, 0.5) is 0 Å². The fourth-order valence-electron chi connectivity index (χ4n) is 3.97. The van der Waals surface area contributed by atoms with Gasteiger partial charge in [-0.15, -0.1) is 24.0 Å². The first kappa shape index (κ1) is 26.3. The number of carbonyl (C=O) groups is 1. The molecule has 2 rings (SSSR count).